The van der Waals surface area contributed by atoms with Gasteiger partial charge in [0, 0.05) is 18.8 Å². The highest BCUT2D eigenvalue weighted by atomic mass is 16.5. The predicted molar refractivity (Wildman–Crippen MR) is 112 cm³/mol. The molecular formula is C22H27N3O3. The maximum absolute atomic E-state index is 12.5. The zero-order valence-electron chi connectivity index (χ0n) is 16.7. The molecule has 0 radical (unpaired) electrons. The molecule has 1 saturated heterocycles. The lowest BCUT2D eigenvalue weighted by atomic mass is 10.0. The molecule has 3 rings (SSSR count). The minimum atomic E-state index is -0.333. The second kappa shape index (κ2) is 8.89. The molecule has 0 aliphatic carbocycles. The molecule has 1 aliphatic rings. The summed E-state index contributed by atoms with van der Waals surface area (Å²) in [5.41, 5.74) is 5.56. The van der Waals surface area contributed by atoms with Crippen molar-refractivity contribution in [1.29, 1.82) is 0 Å². The quantitative estimate of drug-likeness (QED) is 0.779. The largest absolute Gasteiger partial charge is 0.378 e. The van der Waals surface area contributed by atoms with Gasteiger partial charge in [0.25, 0.3) is 0 Å². The van der Waals surface area contributed by atoms with E-state index in [1.807, 2.05) is 57.2 Å². The van der Waals surface area contributed by atoms with Gasteiger partial charge in [-0.1, -0.05) is 29.8 Å². The number of morpholine rings is 1. The lowest BCUT2D eigenvalue weighted by Gasteiger charge is -2.30. The monoisotopic (exact) mass is 381 g/mol. The SMILES string of the molecule is Cc1cc(C)c(NC(=O)CC(=O)Nc2ccccc2N2CCOCC2)c(C)c1. The third kappa shape index (κ3) is 4.89. The van der Waals surface area contributed by atoms with Gasteiger partial charge < -0.3 is 20.3 Å². The Morgan fingerprint density at radius 3 is 2.25 bits per heavy atom. The number of benzene rings is 2. The molecule has 0 unspecified atom stereocenters. The van der Waals surface area contributed by atoms with E-state index in [2.05, 4.69) is 15.5 Å². The number of aryl methyl sites for hydroxylation is 3. The summed E-state index contributed by atoms with van der Waals surface area (Å²) in [6.45, 7) is 8.81. The topological polar surface area (TPSA) is 70.7 Å². The number of carbonyl (C=O) groups excluding carboxylic acids is 2. The Kier molecular flexibility index (Phi) is 6.31. The van der Waals surface area contributed by atoms with Crippen molar-refractivity contribution in [2.75, 3.05) is 41.8 Å². The summed E-state index contributed by atoms with van der Waals surface area (Å²) in [4.78, 5) is 27.0. The van der Waals surface area contributed by atoms with Crippen molar-refractivity contribution in [2.45, 2.75) is 27.2 Å². The number of nitrogens with one attached hydrogen (secondary N) is 2. The first-order valence-corrected chi connectivity index (χ1v) is 9.53. The number of ether oxygens (including phenoxy) is 1. The maximum atomic E-state index is 12.5. The Balaban J connectivity index is 1.64. The lowest BCUT2D eigenvalue weighted by Crippen LogP contribution is -2.36. The highest BCUT2D eigenvalue weighted by molar-refractivity contribution is 6.09. The van der Waals surface area contributed by atoms with Gasteiger partial charge in [-0.2, -0.15) is 0 Å². The summed E-state index contributed by atoms with van der Waals surface area (Å²) >= 11 is 0. The molecule has 1 heterocycles. The van der Waals surface area contributed by atoms with Crippen LogP contribution in [-0.2, 0) is 14.3 Å². The molecule has 0 bridgehead atoms. The van der Waals surface area contributed by atoms with Crippen LogP contribution in [0, 0.1) is 20.8 Å². The fourth-order valence-corrected chi connectivity index (χ4v) is 3.56. The van der Waals surface area contributed by atoms with Crippen LogP contribution in [0.2, 0.25) is 0 Å². The Morgan fingerprint density at radius 2 is 1.57 bits per heavy atom. The molecule has 6 nitrogen and oxygen atoms in total. The molecule has 1 fully saturated rings. The van der Waals surface area contributed by atoms with E-state index in [4.69, 9.17) is 4.74 Å². The second-order valence-electron chi connectivity index (χ2n) is 7.16. The highest BCUT2D eigenvalue weighted by Crippen LogP contribution is 2.27. The van der Waals surface area contributed by atoms with E-state index in [9.17, 15) is 9.59 Å². The Bertz CT molecular complexity index is 850. The summed E-state index contributed by atoms with van der Waals surface area (Å²) in [5.74, 6) is -0.656. The summed E-state index contributed by atoms with van der Waals surface area (Å²) < 4.78 is 5.40. The summed E-state index contributed by atoms with van der Waals surface area (Å²) in [6, 6.07) is 11.7. The molecule has 0 atom stereocenters. The van der Waals surface area contributed by atoms with E-state index in [0.29, 0.717) is 18.9 Å². The van der Waals surface area contributed by atoms with Gasteiger partial charge >= 0.3 is 0 Å². The van der Waals surface area contributed by atoms with Crippen LogP contribution in [0.25, 0.3) is 0 Å². The number of para-hydroxylation sites is 2. The highest BCUT2D eigenvalue weighted by Gasteiger charge is 2.17. The molecule has 0 spiro atoms. The van der Waals surface area contributed by atoms with Crippen molar-refractivity contribution in [1.82, 2.24) is 0 Å². The predicted octanol–water partition coefficient (Wildman–Crippen LogP) is 3.42. The molecule has 1 aliphatic heterocycles. The summed E-state index contributed by atoms with van der Waals surface area (Å²) in [7, 11) is 0. The first kappa shape index (κ1) is 19.9. The van der Waals surface area contributed by atoms with Crippen molar-refractivity contribution < 1.29 is 14.3 Å². The van der Waals surface area contributed by atoms with Crippen LogP contribution in [0.5, 0.6) is 0 Å². The first-order valence-electron chi connectivity index (χ1n) is 9.53. The van der Waals surface area contributed by atoms with Crippen LogP contribution in [-0.4, -0.2) is 38.1 Å². The van der Waals surface area contributed by atoms with Gasteiger partial charge in [0.15, 0.2) is 0 Å². The fourth-order valence-electron chi connectivity index (χ4n) is 3.56. The van der Waals surface area contributed by atoms with Gasteiger partial charge in [0.2, 0.25) is 11.8 Å². The van der Waals surface area contributed by atoms with Crippen LogP contribution in [0.4, 0.5) is 17.1 Å². The summed E-state index contributed by atoms with van der Waals surface area (Å²) in [5, 5.41) is 5.75. The standard InChI is InChI=1S/C22H27N3O3/c1-15-12-16(2)22(17(3)13-15)24-21(27)14-20(26)23-18-6-4-5-7-19(18)25-8-10-28-11-9-25/h4-7,12-13H,8-11,14H2,1-3H3,(H,23,26)(H,24,27). The Morgan fingerprint density at radius 1 is 0.964 bits per heavy atom. The number of hydrogen-bond donors (Lipinski definition) is 2. The smallest absolute Gasteiger partial charge is 0.233 e. The van der Waals surface area contributed by atoms with Gasteiger partial charge in [-0.15, -0.1) is 0 Å². The average Bonchev–Trinajstić information content (AvgIpc) is 2.65. The number of nitrogens with zero attached hydrogens (tertiary/aromatic N) is 1. The zero-order chi connectivity index (χ0) is 20.1. The minimum absolute atomic E-state index is 0.232. The molecule has 2 aromatic rings. The zero-order valence-corrected chi connectivity index (χ0v) is 16.7. The van der Waals surface area contributed by atoms with Crippen LogP contribution in [0.15, 0.2) is 36.4 Å². The molecular weight excluding hydrogens is 354 g/mol. The van der Waals surface area contributed by atoms with Gasteiger partial charge in [-0.05, 0) is 44.0 Å². The van der Waals surface area contributed by atoms with Crippen molar-refractivity contribution in [3.05, 3.63) is 53.1 Å². The molecule has 2 N–H and O–H groups in total. The fraction of sp³-hybridized carbons (Fsp3) is 0.364. The molecule has 28 heavy (non-hydrogen) atoms. The van der Waals surface area contributed by atoms with Crippen LogP contribution in [0.3, 0.4) is 0 Å². The van der Waals surface area contributed by atoms with E-state index in [0.717, 1.165) is 41.2 Å². The van der Waals surface area contributed by atoms with Gasteiger partial charge in [0.1, 0.15) is 6.42 Å². The van der Waals surface area contributed by atoms with Gasteiger partial charge in [-0.25, -0.2) is 0 Å². The molecule has 0 saturated carbocycles. The van der Waals surface area contributed by atoms with Crippen LogP contribution in [0.1, 0.15) is 23.1 Å². The normalized spacial score (nSPS) is 13.9. The van der Waals surface area contributed by atoms with Crippen molar-refractivity contribution in [2.24, 2.45) is 0 Å². The molecule has 0 aromatic heterocycles. The van der Waals surface area contributed by atoms with Crippen molar-refractivity contribution >= 4 is 28.9 Å². The third-order valence-corrected chi connectivity index (χ3v) is 4.79. The molecule has 148 valence electrons. The van der Waals surface area contributed by atoms with E-state index >= 15 is 0 Å². The number of anilines is 3. The first-order chi connectivity index (χ1) is 13.4. The van der Waals surface area contributed by atoms with Crippen LogP contribution < -0.4 is 15.5 Å². The van der Waals surface area contributed by atoms with E-state index in [1.165, 1.54) is 0 Å². The Hall–Kier alpha value is -2.86. The number of amides is 2. The lowest BCUT2D eigenvalue weighted by molar-refractivity contribution is -0.123. The second-order valence-corrected chi connectivity index (χ2v) is 7.16. The van der Waals surface area contributed by atoms with Crippen LogP contribution >= 0.6 is 0 Å². The Labute approximate surface area is 165 Å². The molecule has 6 heteroatoms. The van der Waals surface area contributed by atoms with Gasteiger partial charge in [-0.3, -0.25) is 9.59 Å². The minimum Gasteiger partial charge on any atom is -0.378 e. The van der Waals surface area contributed by atoms with E-state index in [-0.39, 0.29) is 18.2 Å². The molecule has 2 aromatic carbocycles. The number of rotatable bonds is 5. The number of carbonyl (C=O) groups is 2. The third-order valence-electron chi connectivity index (χ3n) is 4.79. The summed E-state index contributed by atoms with van der Waals surface area (Å²) in [6.07, 6.45) is -0.232. The number of hydrogen-bond acceptors (Lipinski definition) is 4. The molecule has 2 amide bonds. The van der Waals surface area contributed by atoms with Crippen molar-refractivity contribution in [3.8, 4) is 0 Å². The average molecular weight is 381 g/mol. The maximum Gasteiger partial charge on any atom is 0.233 e. The van der Waals surface area contributed by atoms with E-state index in [1.54, 1.807) is 0 Å². The van der Waals surface area contributed by atoms with Crippen molar-refractivity contribution in [3.63, 3.8) is 0 Å². The van der Waals surface area contributed by atoms with Gasteiger partial charge in [0.05, 0.1) is 24.6 Å². The van der Waals surface area contributed by atoms with E-state index < -0.39 is 0 Å².